The van der Waals surface area contributed by atoms with Crippen LogP contribution in [0.15, 0.2) is 0 Å². The van der Waals surface area contributed by atoms with Crippen molar-refractivity contribution in [2.75, 3.05) is 6.26 Å². The van der Waals surface area contributed by atoms with E-state index in [0.29, 0.717) is 6.26 Å². The van der Waals surface area contributed by atoms with Crippen LogP contribution < -0.4 is 14.1 Å². The summed E-state index contributed by atoms with van der Waals surface area (Å²) in [7, 11) is -3.92. The molecule has 0 heterocycles. The molecule has 0 unspecified atom stereocenters. The van der Waals surface area contributed by atoms with E-state index in [0.717, 1.165) is 0 Å². The first-order valence-corrected chi connectivity index (χ1v) is 2.72. The van der Waals surface area contributed by atoms with E-state index in [4.69, 9.17) is 13.0 Å². The van der Waals surface area contributed by atoms with Crippen molar-refractivity contribution in [1.82, 2.24) is 0 Å². The van der Waals surface area contributed by atoms with Gasteiger partial charge in [0.2, 0.25) is 0 Å². The molecule has 0 amide bonds. The van der Waals surface area contributed by atoms with E-state index in [-0.39, 0.29) is 104 Å². The van der Waals surface area contributed by atoms with Crippen LogP contribution in [0.25, 0.3) is 0 Å². The fraction of sp³-hybridized carbons (Fsp3) is 1.00. The van der Waals surface area contributed by atoms with Crippen LogP contribution in [0.1, 0.15) is 0 Å². The number of hydrogen-bond donors (Lipinski definition) is 0. The SMILES string of the molecule is CS(=O)(=O)[O-].[Ag+].[Ag+].[Ag+].[Ag+].[F-].[F-].[F-]. The maximum Gasteiger partial charge on any atom is 1.00 e. The molecule has 0 saturated heterocycles. The minimum atomic E-state index is -3.92. The first-order valence-electron chi connectivity index (χ1n) is 0.908. The molecular weight excluding hydrogens is 581 g/mol. The molecule has 0 spiro atoms. The molecule has 0 aliphatic rings. The summed E-state index contributed by atoms with van der Waals surface area (Å²) in [5, 5.41) is 0. The molecule has 96 valence electrons. The van der Waals surface area contributed by atoms with Gasteiger partial charge in [-0.3, -0.25) is 0 Å². The van der Waals surface area contributed by atoms with Crippen LogP contribution in [-0.4, -0.2) is 19.2 Å². The Morgan fingerprint density at radius 2 is 0.833 bits per heavy atom. The van der Waals surface area contributed by atoms with Gasteiger partial charge < -0.3 is 18.7 Å². The van der Waals surface area contributed by atoms with Gasteiger partial charge in [0.1, 0.15) is 0 Å². The predicted molar refractivity (Wildman–Crippen MR) is 15.6 cm³/mol. The van der Waals surface area contributed by atoms with Crippen molar-refractivity contribution in [3.8, 4) is 0 Å². The predicted octanol–water partition coefficient (Wildman–Crippen LogP) is -9.84. The standard InChI is InChI=1S/CH4O3S.4Ag.3FH/c1-5(2,3)4;;;;;;;/h1H3,(H,2,3,4);;;;;3*1H/q;4*+1;;;/p-4. The van der Waals surface area contributed by atoms with Crippen LogP contribution >= 0.6 is 0 Å². The van der Waals surface area contributed by atoms with Gasteiger partial charge in [-0.2, -0.15) is 0 Å². The van der Waals surface area contributed by atoms with Gasteiger partial charge >= 0.3 is 89.5 Å². The monoisotopic (exact) mass is 580 g/mol. The van der Waals surface area contributed by atoms with E-state index in [9.17, 15) is 0 Å². The minimum Gasteiger partial charge on any atom is -1.00 e. The van der Waals surface area contributed by atoms with Crippen molar-refractivity contribution >= 4 is 10.1 Å². The van der Waals surface area contributed by atoms with Gasteiger partial charge in [-0.1, -0.05) is 0 Å². The molecule has 0 fully saturated rings. The second-order valence-electron chi connectivity index (χ2n) is 0.704. The van der Waals surface area contributed by atoms with Gasteiger partial charge in [0.05, 0.1) is 10.1 Å². The Labute approximate surface area is 131 Å². The zero-order valence-electron chi connectivity index (χ0n) is 4.97. The summed E-state index contributed by atoms with van der Waals surface area (Å²) in [5.74, 6) is 0. The van der Waals surface area contributed by atoms with E-state index in [1.807, 2.05) is 0 Å². The van der Waals surface area contributed by atoms with Crippen molar-refractivity contribution in [3.05, 3.63) is 0 Å². The van der Waals surface area contributed by atoms with Crippen LogP contribution in [-0.2, 0) is 99.6 Å². The molecule has 0 atom stereocenters. The Bertz CT molecular complexity index is 109. The molecule has 0 aromatic carbocycles. The average Bonchev–Trinajstić information content (AvgIpc) is 0.722. The molecule has 0 saturated carbocycles. The van der Waals surface area contributed by atoms with Crippen LogP contribution in [0.4, 0.5) is 0 Å². The number of hydrogen-bond acceptors (Lipinski definition) is 3. The minimum absolute atomic E-state index is 0. The van der Waals surface area contributed by atoms with Gasteiger partial charge in [-0.15, -0.1) is 0 Å². The van der Waals surface area contributed by atoms with Gasteiger partial charge in [0, 0.05) is 6.26 Å². The smallest absolute Gasteiger partial charge is 1.00 e. The summed E-state index contributed by atoms with van der Waals surface area (Å²) in [6, 6.07) is 0. The summed E-state index contributed by atoms with van der Waals surface area (Å²) in [6.07, 6.45) is 0.604. The average molecular weight is 584 g/mol. The van der Waals surface area contributed by atoms with Crippen LogP contribution in [0.2, 0.25) is 0 Å². The van der Waals surface area contributed by atoms with Crippen molar-refractivity contribution in [1.29, 1.82) is 0 Å². The number of halogens is 3. The molecule has 3 nitrogen and oxygen atoms in total. The normalized spacial score (nSPS) is 4.83. The molecule has 0 radical (unpaired) electrons. The van der Waals surface area contributed by atoms with Gasteiger partial charge in [-0.25, -0.2) is 8.42 Å². The van der Waals surface area contributed by atoms with E-state index in [2.05, 4.69) is 0 Å². The van der Waals surface area contributed by atoms with E-state index in [1.165, 1.54) is 0 Å². The Balaban J connectivity index is -0.00000000381. The molecule has 0 aromatic heterocycles. The topological polar surface area (TPSA) is 57.2 Å². The zero-order valence-corrected chi connectivity index (χ0v) is 11.7. The first-order chi connectivity index (χ1) is 2.00. The molecule has 0 N–H and O–H groups in total. The fourth-order valence-electron chi connectivity index (χ4n) is 0. The summed E-state index contributed by atoms with van der Waals surface area (Å²) in [4.78, 5) is 0. The molecular formula is CH3Ag4F3O3S. The molecule has 0 aliphatic heterocycles. The Morgan fingerprint density at radius 1 is 0.833 bits per heavy atom. The van der Waals surface area contributed by atoms with Gasteiger partial charge in [0.25, 0.3) is 0 Å². The summed E-state index contributed by atoms with van der Waals surface area (Å²) in [6.45, 7) is 0. The molecule has 12 heavy (non-hydrogen) atoms. The Morgan fingerprint density at radius 3 is 0.833 bits per heavy atom. The molecule has 0 rings (SSSR count). The van der Waals surface area contributed by atoms with E-state index >= 15 is 0 Å². The zero-order chi connectivity index (χ0) is 4.50. The van der Waals surface area contributed by atoms with Crippen molar-refractivity contribution in [2.45, 2.75) is 0 Å². The van der Waals surface area contributed by atoms with E-state index in [1.54, 1.807) is 0 Å². The van der Waals surface area contributed by atoms with Crippen LogP contribution in [0.5, 0.6) is 0 Å². The third kappa shape index (κ3) is 243. The largest absolute Gasteiger partial charge is 1.00 e. The van der Waals surface area contributed by atoms with Crippen molar-refractivity contribution in [3.63, 3.8) is 0 Å². The van der Waals surface area contributed by atoms with Gasteiger partial charge in [-0.05, 0) is 0 Å². The summed E-state index contributed by atoms with van der Waals surface area (Å²) in [5.41, 5.74) is 0. The second-order valence-corrected chi connectivity index (χ2v) is 2.11. The third-order valence-electron chi connectivity index (χ3n) is 0. The Kier molecular flexibility index (Phi) is 150. The fourth-order valence-corrected chi connectivity index (χ4v) is 0. The molecule has 11 heteroatoms. The van der Waals surface area contributed by atoms with Crippen molar-refractivity contribution in [2.24, 2.45) is 0 Å². The maximum atomic E-state index is 9.08. The Hall–Kier alpha value is 2.66. The quantitative estimate of drug-likeness (QED) is 0.211. The summed E-state index contributed by atoms with van der Waals surface area (Å²) < 4.78 is 27.2. The van der Waals surface area contributed by atoms with E-state index < -0.39 is 10.1 Å². The number of rotatable bonds is 0. The maximum absolute atomic E-state index is 9.08. The molecule has 0 aromatic rings. The second kappa shape index (κ2) is 29.2. The molecule has 0 aliphatic carbocycles. The third-order valence-corrected chi connectivity index (χ3v) is 0. The van der Waals surface area contributed by atoms with Crippen LogP contribution in [0, 0.1) is 0 Å². The van der Waals surface area contributed by atoms with Gasteiger partial charge in [0.15, 0.2) is 0 Å². The van der Waals surface area contributed by atoms with Crippen LogP contribution in [0.3, 0.4) is 0 Å². The molecule has 0 bridgehead atoms. The summed E-state index contributed by atoms with van der Waals surface area (Å²) >= 11 is 0. The van der Waals surface area contributed by atoms with Crippen molar-refractivity contribution < 1.29 is 117 Å². The first kappa shape index (κ1) is 61.7.